The Labute approximate surface area is 137 Å². The molecule has 1 heterocycles. The van der Waals surface area contributed by atoms with Gasteiger partial charge in [0.2, 0.25) is 0 Å². The highest BCUT2D eigenvalue weighted by Crippen LogP contribution is 2.17. The van der Waals surface area contributed by atoms with Crippen molar-refractivity contribution in [2.75, 3.05) is 18.1 Å². The zero-order chi connectivity index (χ0) is 16.9. The third-order valence-corrected chi connectivity index (χ3v) is 5.89. The molecule has 1 aliphatic rings. The van der Waals surface area contributed by atoms with Crippen LogP contribution < -0.4 is 10.6 Å². The lowest BCUT2D eigenvalue weighted by molar-refractivity contribution is 0.235. The van der Waals surface area contributed by atoms with E-state index in [1.807, 2.05) is 19.1 Å². The van der Waals surface area contributed by atoms with Crippen LogP contribution in [0.2, 0.25) is 0 Å². The van der Waals surface area contributed by atoms with E-state index >= 15 is 0 Å². The predicted molar refractivity (Wildman–Crippen MR) is 89.2 cm³/mol. The second-order valence-corrected chi connectivity index (χ2v) is 8.46. The van der Waals surface area contributed by atoms with Gasteiger partial charge in [-0.1, -0.05) is 12.1 Å². The second-order valence-electron chi connectivity index (χ2n) is 6.23. The molecule has 23 heavy (non-hydrogen) atoms. The lowest BCUT2D eigenvalue weighted by Crippen LogP contribution is -2.42. The van der Waals surface area contributed by atoms with Crippen molar-refractivity contribution in [3.63, 3.8) is 0 Å². The van der Waals surface area contributed by atoms with Crippen molar-refractivity contribution in [1.29, 1.82) is 0 Å². The Morgan fingerprint density at radius 3 is 2.65 bits per heavy atom. The fourth-order valence-electron chi connectivity index (χ4n) is 2.66. The Kier molecular flexibility index (Phi) is 5.87. The van der Waals surface area contributed by atoms with Crippen molar-refractivity contribution in [2.45, 2.75) is 32.2 Å². The number of sulfone groups is 1. The molecule has 1 aromatic rings. The molecule has 0 aliphatic carbocycles. The van der Waals surface area contributed by atoms with Crippen LogP contribution in [0.1, 0.15) is 25.3 Å². The second kappa shape index (κ2) is 7.68. The number of carbonyl (C=O) groups is 1. The molecule has 0 unspecified atom stereocenters. The molecule has 0 saturated carbocycles. The number of carbonyl (C=O) groups excluding carboxylic acids is 1. The van der Waals surface area contributed by atoms with Crippen molar-refractivity contribution in [2.24, 2.45) is 5.92 Å². The number of nitrogens with one attached hydrogen (secondary N) is 2. The number of amides is 2. The first-order chi connectivity index (χ1) is 10.8. The number of aromatic hydroxyl groups is 1. The number of hydrogen-bond acceptors (Lipinski definition) is 4. The van der Waals surface area contributed by atoms with E-state index in [4.69, 9.17) is 0 Å². The normalized spacial score (nSPS) is 20.8. The number of phenolic OH excluding ortho intramolecular Hbond substituents is 1. The van der Waals surface area contributed by atoms with Gasteiger partial charge >= 0.3 is 6.03 Å². The largest absolute Gasteiger partial charge is 0.508 e. The van der Waals surface area contributed by atoms with Crippen LogP contribution in [0.5, 0.6) is 5.75 Å². The summed E-state index contributed by atoms with van der Waals surface area (Å²) in [7, 11) is -2.90. The highest BCUT2D eigenvalue weighted by Gasteiger charge is 2.27. The van der Waals surface area contributed by atoms with Crippen molar-refractivity contribution in [3.05, 3.63) is 29.8 Å². The SMILES string of the molecule is C[C@@H](CCc1ccc(O)cc1)NC(=O)NC[C@@H]1CCS(=O)(=O)C1. The minimum atomic E-state index is -2.90. The molecule has 0 bridgehead atoms. The Hall–Kier alpha value is -1.76. The third kappa shape index (κ3) is 6.09. The van der Waals surface area contributed by atoms with Crippen molar-refractivity contribution < 1.29 is 18.3 Å². The number of rotatable bonds is 6. The van der Waals surface area contributed by atoms with Crippen molar-refractivity contribution >= 4 is 15.9 Å². The quantitative estimate of drug-likeness (QED) is 0.730. The molecule has 128 valence electrons. The number of hydrogen-bond donors (Lipinski definition) is 3. The lowest BCUT2D eigenvalue weighted by atomic mass is 10.1. The van der Waals surface area contributed by atoms with Crippen LogP contribution in [0.15, 0.2) is 24.3 Å². The van der Waals surface area contributed by atoms with Gasteiger partial charge in [0.05, 0.1) is 11.5 Å². The molecule has 0 spiro atoms. The molecule has 1 saturated heterocycles. The van der Waals surface area contributed by atoms with Crippen LogP contribution >= 0.6 is 0 Å². The molecule has 1 aromatic carbocycles. The molecular formula is C16H24N2O4S. The average molecular weight is 340 g/mol. The maximum Gasteiger partial charge on any atom is 0.315 e. The summed E-state index contributed by atoms with van der Waals surface area (Å²) in [4.78, 5) is 11.8. The first-order valence-corrected chi connectivity index (χ1v) is 9.69. The van der Waals surface area contributed by atoms with E-state index in [1.165, 1.54) is 0 Å². The van der Waals surface area contributed by atoms with Crippen molar-refractivity contribution in [1.82, 2.24) is 10.6 Å². The van der Waals surface area contributed by atoms with E-state index in [1.54, 1.807) is 12.1 Å². The highest BCUT2D eigenvalue weighted by molar-refractivity contribution is 7.91. The summed E-state index contributed by atoms with van der Waals surface area (Å²) < 4.78 is 22.7. The fourth-order valence-corrected chi connectivity index (χ4v) is 4.52. The molecule has 0 aromatic heterocycles. The van der Waals surface area contributed by atoms with Gasteiger partial charge in [0.25, 0.3) is 0 Å². The molecule has 2 amide bonds. The summed E-state index contributed by atoms with van der Waals surface area (Å²) in [6.07, 6.45) is 2.22. The zero-order valence-electron chi connectivity index (χ0n) is 13.3. The van der Waals surface area contributed by atoms with Gasteiger partial charge < -0.3 is 15.7 Å². The third-order valence-electron chi connectivity index (χ3n) is 4.06. The molecule has 0 radical (unpaired) electrons. The van der Waals surface area contributed by atoms with Gasteiger partial charge in [-0.3, -0.25) is 0 Å². The van der Waals surface area contributed by atoms with E-state index in [9.17, 15) is 18.3 Å². The zero-order valence-corrected chi connectivity index (χ0v) is 14.1. The Balaban J connectivity index is 1.65. The fraction of sp³-hybridized carbons (Fsp3) is 0.562. The van der Waals surface area contributed by atoms with Gasteiger partial charge in [0, 0.05) is 12.6 Å². The summed E-state index contributed by atoms with van der Waals surface area (Å²) in [6, 6.07) is 6.78. The summed E-state index contributed by atoms with van der Waals surface area (Å²) in [5.41, 5.74) is 1.10. The summed E-state index contributed by atoms with van der Waals surface area (Å²) in [6.45, 7) is 2.33. The Bertz CT molecular complexity index is 628. The topological polar surface area (TPSA) is 95.5 Å². The molecule has 3 N–H and O–H groups in total. The maximum absolute atomic E-state index is 11.8. The van der Waals surface area contributed by atoms with Crippen LogP contribution in [0.25, 0.3) is 0 Å². The van der Waals surface area contributed by atoms with Gasteiger partial charge in [-0.05, 0) is 49.8 Å². The maximum atomic E-state index is 11.8. The van der Waals surface area contributed by atoms with E-state index in [0.717, 1.165) is 18.4 Å². The average Bonchev–Trinajstić information content (AvgIpc) is 2.84. The summed E-state index contributed by atoms with van der Waals surface area (Å²) in [5, 5.41) is 14.8. The number of benzene rings is 1. The van der Waals surface area contributed by atoms with Gasteiger partial charge in [-0.2, -0.15) is 0 Å². The van der Waals surface area contributed by atoms with Crippen molar-refractivity contribution in [3.8, 4) is 5.75 Å². The number of urea groups is 1. The Morgan fingerprint density at radius 1 is 1.35 bits per heavy atom. The lowest BCUT2D eigenvalue weighted by Gasteiger charge is -2.16. The molecule has 2 rings (SSSR count). The van der Waals surface area contributed by atoms with Gasteiger partial charge in [0.15, 0.2) is 9.84 Å². The van der Waals surface area contributed by atoms with E-state index in [2.05, 4.69) is 10.6 Å². The van der Waals surface area contributed by atoms with Gasteiger partial charge in [0.1, 0.15) is 5.75 Å². The number of phenols is 1. The molecule has 6 nitrogen and oxygen atoms in total. The molecule has 1 aliphatic heterocycles. The monoisotopic (exact) mass is 340 g/mol. The molecule has 7 heteroatoms. The smallest absolute Gasteiger partial charge is 0.315 e. The van der Waals surface area contributed by atoms with E-state index < -0.39 is 9.84 Å². The summed E-state index contributed by atoms with van der Waals surface area (Å²) >= 11 is 0. The Morgan fingerprint density at radius 2 is 2.04 bits per heavy atom. The summed E-state index contributed by atoms with van der Waals surface area (Å²) in [5.74, 6) is 0.666. The van der Waals surface area contributed by atoms with E-state index in [0.29, 0.717) is 13.0 Å². The minimum absolute atomic E-state index is 0.0103. The van der Waals surface area contributed by atoms with Crippen LogP contribution in [0, 0.1) is 5.92 Å². The van der Waals surface area contributed by atoms with Crippen LogP contribution in [-0.2, 0) is 16.3 Å². The van der Waals surface area contributed by atoms with Crippen LogP contribution in [0.4, 0.5) is 4.79 Å². The molecular weight excluding hydrogens is 316 g/mol. The van der Waals surface area contributed by atoms with Gasteiger partial charge in [-0.15, -0.1) is 0 Å². The van der Waals surface area contributed by atoms with Gasteiger partial charge in [-0.25, -0.2) is 13.2 Å². The molecule has 1 fully saturated rings. The van der Waals surface area contributed by atoms with Crippen LogP contribution in [-0.4, -0.2) is 43.6 Å². The first kappa shape index (κ1) is 17.6. The van der Waals surface area contributed by atoms with Crippen LogP contribution in [0.3, 0.4) is 0 Å². The predicted octanol–water partition coefficient (Wildman–Crippen LogP) is 1.45. The standard InChI is InChI=1S/C16H24N2O4S/c1-12(2-3-13-4-6-15(19)7-5-13)18-16(20)17-10-14-8-9-23(21,22)11-14/h4-7,12,14,19H,2-3,8-11H2,1H3,(H2,17,18,20)/t12-,14-/m0/s1. The minimum Gasteiger partial charge on any atom is -0.508 e. The highest BCUT2D eigenvalue weighted by atomic mass is 32.2. The van der Waals surface area contributed by atoms with E-state index in [-0.39, 0.29) is 35.2 Å². The number of aryl methyl sites for hydroxylation is 1. The molecule has 2 atom stereocenters. The first-order valence-electron chi connectivity index (χ1n) is 7.87.